The van der Waals surface area contributed by atoms with Gasteiger partial charge in [0, 0.05) is 49.8 Å². The molecule has 2 aromatic rings. The van der Waals surface area contributed by atoms with Crippen molar-refractivity contribution in [3.05, 3.63) is 53.8 Å². The Kier molecular flexibility index (Phi) is 5.62. The maximum Gasteiger partial charge on any atom is 0.237 e. The Labute approximate surface area is 171 Å². The van der Waals surface area contributed by atoms with Crippen LogP contribution in [0.3, 0.4) is 0 Å². The van der Waals surface area contributed by atoms with E-state index in [0.717, 1.165) is 31.9 Å². The summed E-state index contributed by atoms with van der Waals surface area (Å²) in [5.74, 6) is -1.09. The summed E-state index contributed by atoms with van der Waals surface area (Å²) < 4.78 is 13.5. The fourth-order valence-electron chi connectivity index (χ4n) is 3.99. The third-order valence-electron chi connectivity index (χ3n) is 6.00. The highest BCUT2D eigenvalue weighted by atomic mass is 19.1. The van der Waals surface area contributed by atoms with E-state index in [0.29, 0.717) is 17.3 Å². The molecule has 0 aliphatic carbocycles. The summed E-state index contributed by atoms with van der Waals surface area (Å²) in [5.41, 5.74) is 3.26. The van der Waals surface area contributed by atoms with Gasteiger partial charge in [0.25, 0.3) is 0 Å². The molecule has 2 aliphatic rings. The van der Waals surface area contributed by atoms with E-state index in [-0.39, 0.29) is 11.7 Å². The lowest BCUT2D eigenvalue weighted by Crippen LogP contribution is -2.49. The van der Waals surface area contributed by atoms with Crippen molar-refractivity contribution in [2.24, 2.45) is 4.99 Å². The molecule has 2 atom stereocenters. The van der Waals surface area contributed by atoms with Crippen molar-refractivity contribution >= 4 is 29.2 Å². The third kappa shape index (κ3) is 4.17. The molecule has 2 unspecified atom stereocenters. The Morgan fingerprint density at radius 1 is 1.17 bits per heavy atom. The van der Waals surface area contributed by atoms with Crippen LogP contribution in [0.15, 0.2) is 47.5 Å². The number of benzene rings is 2. The molecule has 1 fully saturated rings. The highest BCUT2D eigenvalue weighted by Crippen LogP contribution is 2.32. The van der Waals surface area contributed by atoms with Gasteiger partial charge in [-0.05, 0) is 61.4 Å². The number of piperazine rings is 1. The van der Waals surface area contributed by atoms with Gasteiger partial charge in [-0.3, -0.25) is 14.7 Å². The first-order valence-electron chi connectivity index (χ1n) is 10.3. The number of anilines is 2. The van der Waals surface area contributed by atoms with E-state index in [1.165, 1.54) is 24.2 Å². The zero-order chi connectivity index (χ0) is 20.4. The van der Waals surface area contributed by atoms with Gasteiger partial charge >= 0.3 is 0 Å². The number of aliphatic imine (C=N–C) groups is 1. The number of nitrogens with one attached hydrogen (secondary N) is 1. The largest absolute Gasteiger partial charge is 0.369 e. The summed E-state index contributed by atoms with van der Waals surface area (Å²) in [7, 11) is 0. The molecule has 4 rings (SSSR count). The second-order valence-electron chi connectivity index (χ2n) is 7.77. The van der Waals surface area contributed by atoms with Crippen molar-refractivity contribution < 1.29 is 9.18 Å². The van der Waals surface area contributed by atoms with Gasteiger partial charge in [0.05, 0.1) is 5.69 Å². The molecular weight excluding hydrogens is 367 g/mol. The van der Waals surface area contributed by atoms with E-state index < -0.39 is 5.92 Å². The molecule has 29 heavy (non-hydrogen) atoms. The van der Waals surface area contributed by atoms with E-state index in [2.05, 4.69) is 46.1 Å². The maximum atomic E-state index is 13.5. The van der Waals surface area contributed by atoms with Crippen molar-refractivity contribution in [2.75, 3.05) is 36.4 Å². The molecule has 0 radical (unpaired) electrons. The normalized spacial score (nSPS) is 20.7. The average molecular weight is 394 g/mol. The number of hydrogen-bond donors (Lipinski definition) is 1. The van der Waals surface area contributed by atoms with Crippen LogP contribution in [-0.4, -0.2) is 49.2 Å². The molecule has 0 aromatic heterocycles. The molecule has 2 aliphatic heterocycles. The van der Waals surface area contributed by atoms with Crippen LogP contribution in [0.2, 0.25) is 0 Å². The third-order valence-corrected chi connectivity index (χ3v) is 6.00. The van der Waals surface area contributed by atoms with Crippen molar-refractivity contribution in [2.45, 2.75) is 32.2 Å². The van der Waals surface area contributed by atoms with Gasteiger partial charge < -0.3 is 10.2 Å². The molecule has 2 heterocycles. The van der Waals surface area contributed by atoms with E-state index >= 15 is 0 Å². The zero-order valence-electron chi connectivity index (χ0n) is 16.9. The highest BCUT2D eigenvalue weighted by Gasteiger charge is 2.29. The van der Waals surface area contributed by atoms with Crippen LogP contribution in [0.4, 0.5) is 21.5 Å². The number of carbonyl (C=O) groups is 1. The van der Waals surface area contributed by atoms with E-state index in [4.69, 9.17) is 0 Å². The lowest BCUT2D eigenvalue weighted by Gasteiger charge is -2.39. The summed E-state index contributed by atoms with van der Waals surface area (Å²) in [6, 6.07) is 13.1. The SMILES string of the molecule is CCC(C)N1CCN(c2ccc(N=CC3C(=O)Nc4ccc(F)cc43)cc2)CC1. The topological polar surface area (TPSA) is 47.9 Å². The first kappa shape index (κ1) is 19.6. The predicted molar refractivity (Wildman–Crippen MR) is 116 cm³/mol. The second kappa shape index (κ2) is 8.33. The Morgan fingerprint density at radius 3 is 2.59 bits per heavy atom. The standard InChI is InChI=1S/C23H27FN4O/c1-3-16(2)27-10-12-28(13-11-27)19-7-5-18(6-8-19)25-15-21-20-14-17(24)4-9-22(20)26-23(21)29/h4-9,14-16,21H,3,10-13H2,1-2H3,(H,26,29). The minimum absolute atomic E-state index is 0.176. The van der Waals surface area contributed by atoms with Crippen LogP contribution in [0.1, 0.15) is 31.7 Å². The van der Waals surface area contributed by atoms with Crippen LogP contribution >= 0.6 is 0 Å². The average Bonchev–Trinajstić information content (AvgIpc) is 3.06. The van der Waals surface area contributed by atoms with Crippen LogP contribution in [-0.2, 0) is 4.79 Å². The molecule has 0 saturated carbocycles. The monoisotopic (exact) mass is 394 g/mol. The number of fused-ring (bicyclic) bond motifs is 1. The first-order valence-corrected chi connectivity index (χ1v) is 10.3. The van der Waals surface area contributed by atoms with Gasteiger partial charge in [0.2, 0.25) is 5.91 Å². The summed E-state index contributed by atoms with van der Waals surface area (Å²) in [6.07, 6.45) is 2.78. The van der Waals surface area contributed by atoms with Gasteiger partial charge in [-0.25, -0.2) is 4.39 Å². The van der Waals surface area contributed by atoms with Crippen LogP contribution in [0.25, 0.3) is 0 Å². The van der Waals surface area contributed by atoms with Gasteiger partial charge in [0.1, 0.15) is 11.7 Å². The minimum atomic E-state index is -0.561. The van der Waals surface area contributed by atoms with E-state index in [9.17, 15) is 9.18 Å². The number of nitrogens with zero attached hydrogens (tertiary/aromatic N) is 3. The Hall–Kier alpha value is -2.73. The molecule has 1 N–H and O–H groups in total. The molecule has 5 nitrogen and oxygen atoms in total. The zero-order valence-corrected chi connectivity index (χ0v) is 16.9. The number of amides is 1. The highest BCUT2D eigenvalue weighted by molar-refractivity contribution is 6.12. The van der Waals surface area contributed by atoms with Crippen molar-refractivity contribution in [1.29, 1.82) is 0 Å². The summed E-state index contributed by atoms with van der Waals surface area (Å²) in [5, 5.41) is 2.77. The Morgan fingerprint density at radius 2 is 1.90 bits per heavy atom. The quantitative estimate of drug-likeness (QED) is 0.774. The van der Waals surface area contributed by atoms with Crippen molar-refractivity contribution in [3.63, 3.8) is 0 Å². The van der Waals surface area contributed by atoms with Crippen LogP contribution < -0.4 is 10.2 Å². The number of halogens is 1. The Bertz CT molecular complexity index is 904. The van der Waals surface area contributed by atoms with Gasteiger partial charge in [-0.15, -0.1) is 0 Å². The van der Waals surface area contributed by atoms with Crippen LogP contribution in [0, 0.1) is 5.82 Å². The Balaban J connectivity index is 1.41. The first-order chi connectivity index (χ1) is 14.0. The maximum absolute atomic E-state index is 13.5. The van der Waals surface area contributed by atoms with E-state index in [1.807, 2.05) is 12.1 Å². The molecule has 152 valence electrons. The molecular formula is C23H27FN4O. The van der Waals surface area contributed by atoms with Crippen LogP contribution in [0.5, 0.6) is 0 Å². The lowest BCUT2D eigenvalue weighted by atomic mass is 10.0. The smallest absolute Gasteiger partial charge is 0.237 e. The number of rotatable bonds is 5. The van der Waals surface area contributed by atoms with E-state index in [1.54, 1.807) is 12.3 Å². The summed E-state index contributed by atoms with van der Waals surface area (Å²) in [4.78, 5) is 21.6. The van der Waals surface area contributed by atoms with Crippen molar-refractivity contribution in [1.82, 2.24) is 4.90 Å². The molecule has 0 bridgehead atoms. The van der Waals surface area contributed by atoms with Gasteiger partial charge in [-0.2, -0.15) is 0 Å². The van der Waals surface area contributed by atoms with Crippen molar-refractivity contribution in [3.8, 4) is 0 Å². The minimum Gasteiger partial charge on any atom is -0.369 e. The van der Waals surface area contributed by atoms with Gasteiger partial charge in [-0.1, -0.05) is 6.92 Å². The number of carbonyl (C=O) groups excluding carboxylic acids is 1. The fraction of sp³-hybridized carbons (Fsp3) is 0.391. The molecule has 1 amide bonds. The molecule has 2 aromatic carbocycles. The fourth-order valence-corrected chi connectivity index (χ4v) is 3.99. The molecule has 0 spiro atoms. The number of hydrogen-bond acceptors (Lipinski definition) is 4. The lowest BCUT2D eigenvalue weighted by molar-refractivity contribution is -0.115. The van der Waals surface area contributed by atoms with Gasteiger partial charge in [0.15, 0.2) is 0 Å². The second-order valence-corrected chi connectivity index (χ2v) is 7.77. The summed E-state index contributed by atoms with van der Waals surface area (Å²) in [6.45, 7) is 8.75. The molecule has 1 saturated heterocycles. The molecule has 6 heteroatoms. The predicted octanol–water partition coefficient (Wildman–Crippen LogP) is 4.18. The summed E-state index contributed by atoms with van der Waals surface area (Å²) >= 11 is 0.